The van der Waals surface area contributed by atoms with Crippen LogP contribution in [0.4, 0.5) is 0 Å². The lowest BCUT2D eigenvalue weighted by atomic mass is 10.1. The second kappa shape index (κ2) is 11.0. The smallest absolute Gasteiger partial charge is 0.191 e. The van der Waals surface area contributed by atoms with Gasteiger partial charge in [0.25, 0.3) is 0 Å². The van der Waals surface area contributed by atoms with Crippen molar-refractivity contribution in [2.24, 2.45) is 4.99 Å². The third kappa shape index (κ3) is 7.49. The van der Waals surface area contributed by atoms with Crippen molar-refractivity contribution in [3.63, 3.8) is 0 Å². The number of benzene rings is 1. The summed E-state index contributed by atoms with van der Waals surface area (Å²) in [6.07, 6.45) is 1.02. The van der Waals surface area contributed by atoms with Gasteiger partial charge < -0.3 is 10.6 Å². The monoisotopic (exact) mass is 480 g/mol. The van der Waals surface area contributed by atoms with Crippen LogP contribution >= 0.6 is 24.0 Å². The fraction of sp³-hybridized carbons (Fsp3) is 0.588. The molecule has 6 nitrogen and oxygen atoms in total. The molecule has 0 amide bonds. The van der Waals surface area contributed by atoms with Gasteiger partial charge in [0.2, 0.25) is 0 Å². The van der Waals surface area contributed by atoms with Crippen LogP contribution in [-0.4, -0.2) is 64.0 Å². The van der Waals surface area contributed by atoms with E-state index >= 15 is 0 Å². The van der Waals surface area contributed by atoms with Crippen LogP contribution in [-0.2, 0) is 22.8 Å². The number of hydrogen-bond acceptors (Lipinski definition) is 4. The van der Waals surface area contributed by atoms with E-state index in [4.69, 9.17) is 0 Å². The van der Waals surface area contributed by atoms with Crippen LogP contribution in [0.2, 0.25) is 0 Å². The van der Waals surface area contributed by atoms with Crippen LogP contribution in [0.3, 0.4) is 0 Å². The predicted octanol–water partition coefficient (Wildman–Crippen LogP) is 1.26. The minimum atomic E-state index is -2.81. The molecule has 0 saturated carbocycles. The average molecular weight is 480 g/mol. The van der Waals surface area contributed by atoms with Gasteiger partial charge in [-0.2, -0.15) is 0 Å². The summed E-state index contributed by atoms with van der Waals surface area (Å²) in [6.45, 7) is 5.72. The second-order valence-electron chi connectivity index (χ2n) is 5.97. The Morgan fingerprint density at radius 1 is 1.16 bits per heavy atom. The predicted molar refractivity (Wildman–Crippen MR) is 115 cm³/mol. The maximum Gasteiger partial charge on any atom is 0.191 e. The molecule has 0 aromatic heterocycles. The number of hydrogen-bond donors (Lipinski definition) is 2. The summed E-state index contributed by atoms with van der Waals surface area (Å²) >= 11 is 0. The van der Waals surface area contributed by atoms with Crippen LogP contribution in [0.15, 0.2) is 29.3 Å². The maximum atomic E-state index is 11.4. The number of rotatable bonds is 6. The Bertz CT molecular complexity index is 650. The zero-order valence-electron chi connectivity index (χ0n) is 15.0. The molecule has 1 aromatic rings. The zero-order chi connectivity index (χ0) is 17.4. The zero-order valence-corrected chi connectivity index (χ0v) is 18.1. The summed E-state index contributed by atoms with van der Waals surface area (Å²) in [7, 11) is -1.05. The lowest BCUT2D eigenvalue weighted by molar-refractivity contribution is 0.299. The topological polar surface area (TPSA) is 73.8 Å². The van der Waals surface area contributed by atoms with Gasteiger partial charge in [-0.15, -0.1) is 24.0 Å². The molecule has 1 fully saturated rings. The Labute approximate surface area is 168 Å². The van der Waals surface area contributed by atoms with E-state index in [0.717, 1.165) is 32.0 Å². The first-order valence-corrected chi connectivity index (χ1v) is 10.3. The summed E-state index contributed by atoms with van der Waals surface area (Å²) < 4.78 is 22.9. The highest BCUT2D eigenvalue weighted by atomic mass is 127. The Balaban J connectivity index is 0.00000312. The molecule has 0 spiro atoms. The van der Waals surface area contributed by atoms with E-state index in [9.17, 15) is 8.42 Å². The van der Waals surface area contributed by atoms with Crippen LogP contribution in [0, 0.1) is 0 Å². The fourth-order valence-corrected chi connectivity index (χ4v) is 4.06. The van der Waals surface area contributed by atoms with Gasteiger partial charge in [0, 0.05) is 39.8 Å². The van der Waals surface area contributed by atoms with Gasteiger partial charge in [-0.3, -0.25) is 9.89 Å². The van der Waals surface area contributed by atoms with Gasteiger partial charge in [-0.05, 0) is 17.5 Å². The van der Waals surface area contributed by atoms with Crippen LogP contribution < -0.4 is 10.6 Å². The highest BCUT2D eigenvalue weighted by Crippen LogP contribution is 2.08. The van der Waals surface area contributed by atoms with Crippen LogP contribution in [0.1, 0.15) is 18.1 Å². The minimum Gasteiger partial charge on any atom is -0.355 e. The van der Waals surface area contributed by atoms with Crippen molar-refractivity contribution in [2.45, 2.75) is 19.9 Å². The van der Waals surface area contributed by atoms with Crippen molar-refractivity contribution in [3.05, 3.63) is 35.4 Å². The van der Waals surface area contributed by atoms with E-state index in [0.29, 0.717) is 13.1 Å². The van der Waals surface area contributed by atoms with Gasteiger partial charge in [0.15, 0.2) is 15.8 Å². The minimum absolute atomic E-state index is 0. The molecule has 2 rings (SSSR count). The first kappa shape index (κ1) is 22.2. The van der Waals surface area contributed by atoms with Gasteiger partial charge >= 0.3 is 0 Å². The maximum absolute atomic E-state index is 11.4. The molecule has 0 aliphatic carbocycles. The van der Waals surface area contributed by atoms with Crippen molar-refractivity contribution in [1.29, 1.82) is 0 Å². The number of nitrogens with zero attached hydrogens (tertiary/aromatic N) is 2. The molecule has 0 unspecified atom stereocenters. The molecule has 1 aliphatic heterocycles. The molecule has 8 heteroatoms. The highest BCUT2D eigenvalue weighted by Gasteiger charge is 2.20. The first-order valence-electron chi connectivity index (χ1n) is 8.48. The van der Waals surface area contributed by atoms with Crippen LogP contribution in [0.25, 0.3) is 0 Å². The number of aliphatic imine (C=N–C) groups is 1. The molecule has 1 heterocycles. The molecular weight excluding hydrogens is 451 g/mol. The number of aryl methyl sites for hydroxylation is 1. The molecular formula is C17H29IN4O2S. The average Bonchev–Trinajstić information content (AvgIpc) is 2.59. The molecule has 1 aliphatic rings. The molecule has 0 radical (unpaired) electrons. The third-order valence-corrected chi connectivity index (χ3v) is 5.94. The van der Waals surface area contributed by atoms with Crippen molar-refractivity contribution in [1.82, 2.24) is 15.5 Å². The van der Waals surface area contributed by atoms with Gasteiger partial charge in [0.05, 0.1) is 11.5 Å². The first-order chi connectivity index (χ1) is 11.5. The number of halogens is 1. The van der Waals surface area contributed by atoms with E-state index in [1.54, 1.807) is 7.05 Å². The summed E-state index contributed by atoms with van der Waals surface area (Å²) in [5, 5.41) is 6.63. The van der Waals surface area contributed by atoms with Crippen molar-refractivity contribution < 1.29 is 8.42 Å². The van der Waals surface area contributed by atoms with Crippen LogP contribution in [0.5, 0.6) is 0 Å². The van der Waals surface area contributed by atoms with E-state index in [1.165, 1.54) is 11.1 Å². The second-order valence-corrected chi connectivity index (χ2v) is 8.27. The SMILES string of the molecule is CCc1ccccc1CNC(=NC)NCCN1CCS(=O)(=O)CC1.I. The van der Waals surface area contributed by atoms with Gasteiger partial charge in [0.1, 0.15) is 0 Å². The molecule has 25 heavy (non-hydrogen) atoms. The molecule has 2 N–H and O–H groups in total. The molecule has 0 atom stereocenters. The number of guanidine groups is 1. The third-order valence-electron chi connectivity index (χ3n) is 4.33. The van der Waals surface area contributed by atoms with E-state index < -0.39 is 9.84 Å². The highest BCUT2D eigenvalue weighted by molar-refractivity contribution is 14.0. The fourth-order valence-electron chi connectivity index (χ4n) is 2.78. The summed E-state index contributed by atoms with van der Waals surface area (Å²) in [5.41, 5.74) is 2.62. The summed E-state index contributed by atoms with van der Waals surface area (Å²) in [6, 6.07) is 8.40. The molecule has 142 valence electrons. The summed E-state index contributed by atoms with van der Waals surface area (Å²) in [4.78, 5) is 6.42. The van der Waals surface area contributed by atoms with E-state index in [2.05, 4.69) is 51.7 Å². The molecule has 1 saturated heterocycles. The Morgan fingerprint density at radius 2 is 1.80 bits per heavy atom. The van der Waals surface area contributed by atoms with E-state index in [1.807, 2.05) is 0 Å². The van der Waals surface area contributed by atoms with Gasteiger partial charge in [-0.25, -0.2) is 8.42 Å². The lowest BCUT2D eigenvalue weighted by Gasteiger charge is -2.26. The molecule has 1 aromatic carbocycles. The molecule has 0 bridgehead atoms. The Kier molecular flexibility index (Phi) is 9.73. The Morgan fingerprint density at radius 3 is 2.40 bits per heavy atom. The standard InChI is InChI=1S/C17H28N4O2S.HI/c1-3-15-6-4-5-7-16(15)14-20-17(18-2)19-8-9-21-10-12-24(22,23)13-11-21;/h4-7H,3,8-14H2,1-2H3,(H2,18,19,20);1H. The lowest BCUT2D eigenvalue weighted by Crippen LogP contribution is -2.45. The largest absolute Gasteiger partial charge is 0.355 e. The summed E-state index contributed by atoms with van der Waals surface area (Å²) in [5.74, 6) is 1.31. The van der Waals surface area contributed by atoms with Crippen molar-refractivity contribution >= 4 is 39.8 Å². The normalized spacial score (nSPS) is 17.6. The van der Waals surface area contributed by atoms with Crippen molar-refractivity contribution in [3.8, 4) is 0 Å². The van der Waals surface area contributed by atoms with Gasteiger partial charge in [-0.1, -0.05) is 31.2 Å². The van der Waals surface area contributed by atoms with E-state index in [-0.39, 0.29) is 35.5 Å². The quantitative estimate of drug-likeness (QED) is 0.365. The Hall–Kier alpha value is -0.870. The number of sulfone groups is 1. The number of nitrogens with one attached hydrogen (secondary N) is 2. The van der Waals surface area contributed by atoms with Crippen molar-refractivity contribution in [2.75, 3.05) is 44.7 Å².